The maximum absolute atomic E-state index is 5.74. The van der Waals surface area contributed by atoms with Crippen LogP contribution in [0.25, 0.3) is 10.2 Å². The van der Waals surface area contributed by atoms with Crippen LogP contribution in [0.1, 0.15) is 18.9 Å². The van der Waals surface area contributed by atoms with Crippen LogP contribution in [0.5, 0.6) is 0 Å². The second kappa shape index (κ2) is 8.38. The lowest BCUT2D eigenvalue weighted by Gasteiger charge is -2.28. The zero-order valence-corrected chi connectivity index (χ0v) is 15.9. The number of ether oxygens (including phenoxy) is 3. The number of hydrogen-bond donors (Lipinski definition) is 0. The lowest BCUT2D eigenvalue weighted by Crippen LogP contribution is -3.00. The van der Waals surface area contributed by atoms with Gasteiger partial charge in [-0.3, -0.25) is 0 Å². The second-order valence-corrected chi connectivity index (χ2v) is 5.66. The Balaban J connectivity index is 0.00000220. The van der Waals surface area contributed by atoms with Crippen molar-refractivity contribution in [2.45, 2.75) is 33.3 Å². The van der Waals surface area contributed by atoms with Crippen molar-refractivity contribution in [2.24, 2.45) is 0 Å². The molecule has 1 heterocycles. The molecule has 0 saturated carbocycles. The van der Waals surface area contributed by atoms with Gasteiger partial charge in [0.25, 0.3) is 0 Å². The summed E-state index contributed by atoms with van der Waals surface area (Å²) in [4.78, 5) is 0. The van der Waals surface area contributed by atoms with Crippen molar-refractivity contribution >= 4 is 21.6 Å². The zero-order valence-electron chi connectivity index (χ0n) is 12.9. The number of nitrogens with zero attached hydrogens (tertiary/aromatic N) is 1. The number of aromatic nitrogens is 1. The van der Waals surface area contributed by atoms with Crippen molar-refractivity contribution < 1.29 is 42.8 Å². The molecule has 1 aromatic carbocycles. The summed E-state index contributed by atoms with van der Waals surface area (Å²) in [6.07, 6.45) is 0. The molecule has 0 fully saturated rings. The highest BCUT2D eigenvalue weighted by atomic mass is 127. The fourth-order valence-electron chi connectivity index (χ4n) is 2.30. The van der Waals surface area contributed by atoms with Crippen LogP contribution in [0.2, 0.25) is 0 Å². The summed E-state index contributed by atoms with van der Waals surface area (Å²) >= 11 is 1.76. The molecule has 6 heteroatoms. The van der Waals surface area contributed by atoms with Crippen molar-refractivity contribution in [1.82, 2.24) is 0 Å². The standard InChI is InChI=1S/C15H22NO3S.HI/c1-5-18-15(17-4,19-6-2)11-16-12(3)20-14-10-8-7-9-13(14)16;/h7-10H,5-6,11H2,1-4H3;1H/q+1;/p-1. The maximum atomic E-state index is 5.74. The summed E-state index contributed by atoms with van der Waals surface area (Å²) in [5.74, 6) is -1.03. The van der Waals surface area contributed by atoms with Gasteiger partial charge in [0.15, 0.2) is 0 Å². The molecule has 0 aliphatic rings. The molecular formula is C15H22INO3S. The van der Waals surface area contributed by atoms with Crippen LogP contribution < -0.4 is 28.5 Å². The van der Waals surface area contributed by atoms with E-state index in [0.717, 1.165) is 0 Å². The fraction of sp³-hybridized carbons (Fsp3) is 0.533. The molecule has 0 spiro atoms. The lowest BCUT2D eigenvalue weighted by molar-refractivity contribution is -0.713. The van der Waals surface area contributed by atoms with E-state index in [-0.39, 0.29) is 24.0 Å². The molecule has 0 aliphatic carbocycles. The predicted molar refractivity (Wildman–Crippen MR) is 79.7 cm³/mol. The normalized spacial score (nSPS) is 11.6. The highest BCUT2D eigenvalue weighted by molar-refractivity contribution is 7.18. The largest absolute Gasteiger partial charge is 1.00 e. The van der Waals surface area contributed by atoms with Gasteiger partial charge in [0, 0.05) is 33.3 Å². The summed E-state index contributed by atoms with van der Waals surface area (Å²) < 4.78 is 20.4. The second-order valence-electron chi connectivity index (χ2n) is 4.43. The first-order chi connectivity index (χ1) is 9.65. The van der Waals surface area contributed by atoms with Crippen molar-refractivity contribution in [3.05, 3.63) is 29.3 Å². The molecule has 0 bridgehead atoms. The third kappa shape index (κ3) is 4.13. The summed E-state index contributed by atoms with van der Waals surface area (Å²) in [7, 11) is 1.62. The fourth-order valence-corrected chi connectivity index (χ4v) is 3.32. The molecule has 0 amide bonds. The third-order valence-corrected chi connectivity index (χ3v) is 4.27. The maximum Gasteiger partial charge on any atom is 0.345 e. The smallest absolute Gasteiger partial charge is 0.345 e. The van der Waals surface area contributed by atoms with Crippen LogP contribution in [0, 0.1) is 6.92 Å². The number of hydrogen-bond acceptors (Lipinski definition) is 4. The number of methoxy groups -OCH3 is 1. The van der Waals surface area contributed by atoms with Crippen molar-refractivity contribution in [2.75, 3.05) is 20.3 Å². The van der Waals surface area contributed by atoms with Gasteiger partial charge in [-0.2, -0.15) is 4.57 Å². The van der Waals surface area contributed by atoms with E-state index in [2.05, 4.69) is 29.7 Å². The van der Waals surface area contributed by atoms with Gasteiger partial charge in [-0.25, -0.2) is 0 Å². The molecule has 0 saturated heterocycles. The Morgan fingerprint density at radius 1 is 1.14 bits per heavy atom. The van der Waals surface area contributed by atoms with Gasteiger partial charge >= 0.3 is 5.97 Å². The molecule has 0 radical (unpaired) electrons. The molecule has 2 aromatic rings. The number of aryl methyl sites for hydroxylation is 1. The van der Waals surface area contributed by atoms with Crippen LogP contribution in [-0.2, 0) is 20.8 Å². The summed E-state index contributed by atoms with van der Waals surface area (Å²) in [5, 5.41) is 1.20. The third-order valence-electron chi connectivity index (χ3n) is 3.19. The number of rotatable bonds is 7. The molecule has 2 rings (SSSR count). The van der Waals surface area contributed by atoms with E-state index in [1.807, 2.05) is 19.9 Å². The summed E-state index contributed by atoms with van der Waals surface area (Å²) in [5.41, 5.74) is 1.18. The topological polar surface area (TPSA) is 31.6 Å². The first kappa shape index (κ1) is 18.8. The Hall–Kier alpha value is -0.280. The minimum atomic E-state index is -1.03. The number of fused-ring (bicyclic) bond motifs is 1. The molecule has 0 unspecified atom stereocenters. The first-order valence-corrected chi connectivity index (χ1v) is 7.68. The van der Waals surface area contributed by atoms with E-state index >= 15 is 0 Å². The van der Waals surface area contributed by atoms with E-state index < -0.39 is 5.97 Å². The van der Waals surface area contributed by atoms with Crippen LogP contribution in [-0.4, -0.2) is 26.3 Å². The molecule has 0 atom stereocenters. The first-order valence-electron chi connectivity index (χ1n) is 6.86. The van der Waals surface area contributed by atoms with Gasteiger partial charge in [-0.1, -0.05) is 23.5 Å². The number of thiazole rings is 1. The molecule has 0 aliphatic heterocycles. The minimum Gasteiger partial charge on any atom is -1.00 e. The van der Waals surface area contributed by atoms with Gasteiger partial charge in [-0.15, -0.1) is 0 Å². The van der Waals surface area contributed by atoms with Crippen molar-refractivity contribution in [1.29, 1.82) is 0 Å². The van der Waals surface area contributed by atoms with Crippen LogP contribution in [0.15, 0.2) is 24.3 Å². The van der Waals surface area contributed by atoms with Gasteiger partial charge < -0.3 is 38.2 Å². The summed E-state index contributed by atoms with van der Waals surface area (Å²) in [6, 6.07) is 8.33. The van der Waals surface area contributed by atoms with Gasteiger partial charge in [0.05, 0.1) is 0 Å². The van der Waals surface area contributed by atoms with E-state index in [4.69, 9.17) is 14.2 Å². The van der Waals surface area contributed by atoms with Crippen LogP contribution >= 0.6 is 11.3 Å². The molecular weight excluding hydrogens is 401 g/mol. The predicted octanol–water partition coefficient (Wildman–Crippen LogP) is -0.126. The van der Waals surface area contributed by atoms with Crippen molar-refractivity contribution in [3.8, 4) is 0 Å². The summed E-state index contributed by atoms with van der Waals surface area (Å²) in [6.45, 7) is 7.57. The number of halogens is 1. The average molecular weight is 423 g/mol. The Morgan fingerprint density at radius 2 is 1.76 bits per heavy atom. The molecule has 0 N–H and O–H groups in total. The Bertz CT molecular complexity index is 567. The van der Waals surface area contributed by atoms with Crippen LogP contribution in [0.4, 0.5) is 0 Å². The molecule has 1 aromatic heterocycles. The van der Waals surface area contributed by atoms with Gasteiger partial charge in [0.2, 0.25) is 17.1 Å². The quantitative estimate of drug-likeness (QED) is 0.354. The Labute approximate surface area is 147 Å². The van der Waals surface area contributed by atoms with Crippen molar-refractivity contribution in [3.63, 3.8) is 0 Å². The van der Waals surface area contributed by atoms with Gasteiger partial charge in [-0.05, 0) is 19.9 Å². The van der Waals surface area contributed by atoms with E-state index in [9.17, 15) is 0 Å². The van der Waals surface area contributed by atoms with Gasteiger partial charge in [0.1, 0.15) is 4.70 Å². The highest BCUT2D eigenvalue weighted by Crippen LogP contribution is 2.22. The zero-order chi connectivity index (χ0) is 14.6. The molecule has 21 heavy (non-hydrogen) atoms. The van der Waals surface area contributed by atoms with E-state index in [0.29, 0.717) is 19.8 Å². The monoisotopic (exact) mass is 423 g/mol. The van der Waals surface area contributed by atoms with E-state index in [1.165, 1.54) is 15.2 Å². The Morgan fingerprint density at radius 3 is 2.33 bits per heavy atom. The number of benzene rings is 1. The molecule has 4 nitrogen and oxygen atoms in total. The SMILES string of the molecule is CCOC(C[n+]1c(C)sc2ccccc21)(OC)OCC.[I-]. The highest BCUT2D eigenvalue weighted by Gasteiger charge is 2.39. The number of para-hydroxylation sites is 1. The minimum absolute atomic E-state index is 0. The van der Waals surface area contributed by atoms with Crippen LogP contribution in [0.3, 0.4) is 0 Å². The molecule has 118 valence electrons. The lowest BCUT2D eigenvalue weighted by atomic mass is 10.3. The Kier molecular flexibility index (Phi) is 7.49. The average Bonchev–Trinajstić information content (AvgIpc) is 2.75. The van der Waals surface area contributed by atoms with E-state index in [1.54, 1.807) is 18.4 Å².